The molecule has 78 valence electrons. The molecule has 0 spiro atoms. The topological polar surface area (TPSA) is 20.2 Å². The van der Waals surface area contributed by atoms with Gasteiger partial charge in [0.1, 0.15) is 11.4 Å². The van der Waals surface area contributed by atoms with Gasteiger partial charge < -0.3 is 5.11 Å². The first-order chi connectivity index (χ1) is 6.38. The van der Waals surface area contributed by atoms with E-state index in [9.17, 15) is 17.6 Å². The Morgan fingerprint density at radius 3 is 2.29 bits per heavy atom. The van der Waals surface area contributed by atoms with E-state index in [-0.39, 0.29) is 10.0 Å². The summed E-state index contributed by atoms with van der Waals surface area (Å²) < 4.78 is 49.6. The number of benzene rings is 1. The smallest absolute Gasteiger partial charge is 0.392 e. The van der Waals surface area contributed by atoms with E-state index in [0.29, 0.717) is 0 Å². The Kier molecular flexibility index (Phi) is 3.16. The van der Waals surface area contributed by atoms with Crippen LogP contribution in [-0.2, 0) is 12.8 Å². The maximum absolute atomic E-state index is 13.1. The molecule has 1 nitrogen and oxygen atoms in total. The minimum atomic E-state index is -4.77. The third kappa shape index (κ3) is 2.06. The van der Waals surface area contributed by atoms with Crippen LogP contribution in [0.3, 0.4) is 0 Å². The number of halogens is 5. The summed E-state index contributed by atoms with van der Waals surface area (Å²) in [6.07, 6.45) is -4.77. The highest BCUT2D eigenvalue weighted by atomic mass is 79.9. The van der Waals surface area contributed by atoms with Crippen molar-refractivity contribution in [2.24, 2.45) is 0 Å². The second-order valence-corrected chi connectivity index (χ2v) is 3.41. The van der Waals surface area contributed by atoms with Gasteiger partial charge in [-0.1, -0.05) is 22.0 Å². The van der Waals surface area contributed by atoms with Crippen molar-refractivity contribution in [2.45, 2.75) is 12.8 Å². The van der Waals surface area contributed by atoms with Crippen LogP contribution in [0, 0.1) is 5.82 Å². The molecule has 0 amide bonds. The lowest BCUT2D eigenvalue weighted by atomic mass is 10.1. The van der Waals surface area contributed by atoms with Crippen molar-refractivity contribution in [2.75, 3.05) is 0 Å². The molecule has 0 aliphatic rings. The fourth-order valence-electron chi connectivity index (χ4n) is 0.978. The molecule has 0 fully saturated rings. The lowest BCUT2D eigenvalue weighted by Crippen LogP contribution is -2.11. The van der Waals surface area contributed by atoms with Crippen molar-refractivity contribution in [1.82, 2.24) is 0 Å². The van der Waals surface area contributed by atoms with Crippen molar-refractivity contribution in [3.63, 3.8) is 0 Å². The molecular formula is C8H5BrF4O. The summed E-state index contributed by atoms with van der Waals surface area (Å²) in [5, 5.41) is 8.58. The van der Waals surface area contributed by atoms with E-state index >= 15 is 0 Å². The lowest BCUT2D eigenvalue weighted by Gasteiger charge is -2.12. The fraction of sp³-hybridized carbons (Fsp3) is 0.250. The van der Waals surface area contributed by atoms with E-state index in [4.69, 9.17) is 5.11 Å². The molecule has 0 atom stereocenters. The minimum Gasteiger partial charge on any atom is -0.392 e. The van der Waals surface area contributed by atoms with E-state index in [1.54, 1.807) is 0 Å². The van der Waals surface area contributed by atoms with Crippen LogP contribution in [0.15, 0.2) is 16.6 Å². The van der Waals surface area contributed by atoms with Crippen molar-refractivity contribution in [3.05, 3.63) is 33.5 Å². The lowest BCUT2D eigenvalue weighted by molar-refractivity contribution is -0.140. The molecule has 0 radical (unpaired) electrons. The van der Waals surface area contributed by atoms with Crippen LogP contribution < -0.4 is 0 Å². The molecular weight excluding hydrogens is 268 g/mol. The van der Waals surface area contributed by atoms with Crippen LogP contribution in [0.25, 0.3) is 0 Å². The summed E-state index contributed by atoms with van der Waals surface area (Å²) in [6, 6.07) is 2.14. The zero-order chi connectivity index (χ0) is 10.9. The number of hydrogen-bond acceptors (Lipinski definition) is 1. The molecule has 14 heavy (non-hydrogen) atoms. The standard InChI is InChI=1S/C8H5BrF4O/c9-5-2-1-4(3-14)7(10)6(5)8(11,12)13/h1-2,14H,3H2. The molecule has 0 aromatic heterocycles. The number of rotatable bonds is 1. The van der Waals surface area contributed by atoms with Crippen LogP contribution in [0.4, 0.5) is 17.6 Å². The van der Waals surface area contributed by atoms with Crippen LogP contribution in [0.5, 0.6) is 0 Å². The van der Waals surface area contributed by atoms with E-state index in [2.05, 4.69) is 15.9 Å². The average molecular weight is 273 g/mol. The van der Waals surface area contributed by atoms with E-state index in [0.717, 1.165) is 12.1 Å². The van der Waals surface area contributed by atoms with Crippen molar-refractivity contribution >= 4 is 15.9 Å². The van der Waals surface area contributed by atoms with Crippen LogP contribution in [0.2, 0.25) is 0 Å². The molecule has 6 heteroatoms. The monoisotopic (exact) mass is 272 g/mol. The second-order valence-electron chi connectivity index (χ2n) is 2.55. The van der Waals surface area contributed by atoms with E-state index in [1.807, 2.05) is 0 Å². The van der Waals surface area contributed by atoms with Gasteiger partial charge in [0.2, 0.25) is 0 Å². The van der Waals surface area contributed by atoms with E-state index in [1.165, 1.54) is 0 Å². The Morgan fingerprint density at radius 1 is 1.29 bits per heavy atom. The molecule has 1 aromatic carbocycles. The minimum absolute atomic E-state index is 0.375. The molecule has 0 unspecified atom stereocenters. The second kappa shape index (κ2) is 3.86. The Hall–Kier alpha value is -0.620. The van der Waals surface area contributed by atoms with E-state index < -0.39 is 24.2 Å². The highest BCUT2D eigenvalue weighted by molar-refractivity contribution is 9.10. The Bertz CT molecular complexity index is 348. The van der Waals surface area contributed by atoms with Crippen LogP contribution in [-0.4, -0.2) is 5.11 Å². The van der Waals surface area contributed by atoms with Gasteiger partial charge in [0.05, 0.1) is 6.61 Å². The fourth-order valence-corrected chi connectivity index (χ4v) is 1.51. The summed E-state index contributed by atoms with van der Waals surface area (Å²) in [7, 11) is 0. The molecule has 1 aromatic rings. The number of hydrogen-bond donors (Lipinski definition) is 1. The zero-order valence-electron chi connectivity index (χ0n) is 6.70. The predicted octanol–water partition coefficient (Wildman–Crippen LogP) is 3.10. The van der Waals surface area contributed by atoms with Gasteiger partial charge in [0.15, 0.2) is 0 Å². The molecule has 0 saturated carbocycles. The number of aliphatic hydroxyl groups is 1. The van der Waals surface area contributed by atoms with Gasteiger partial charge in [-0.2, -0.15) is 13.2 Å². The van der Waals surface area contributed by atoms with Gasteiger partial charge in [-0.15, -0.1) is 0 Å². The number of aliphatic hydroxyl groups excluding tert-OH is 1. The third-order valence-corrected chi connectivity index (χ3v) is 2.29. The van der Waals surface area contributed by atoms with Crippen molar-refractivity contribution in [1.29, 1.82) is 0 Å². The third-order valence-electron chi connectivity index (χ3n) is 1.62. The first-order valence-electron chi connectivity index (χ1n) is 3.53. The highest BCUT2D eigenvalue weighted by Crippen LogP contribution is 2.37. The van der Waals surface area contributed by atoms with Crippen molar-refractivity contribution < 1.29 is 22.7 Å². The molecule has 0 bridgehead atoms. The molecule has 0 aliphatic heterocycles. The zero-order valence-corrected chi connectivity index (χ0v) is 8.28. The summed E-state index contributed by atoms with van der Waals surface area (Å²) in [6.45, 7) is -0.762. The number of alkyl halides is 3. The van der Waals surface area contributed by atoms with Crippen molar-refractivity contribution in [3.8, 4) is 0 Å². The first kappa shape index (κ1) is 11.5. The SMILES string of the molecule is OCc1ccc(Br)c(C(F)(F)F)c1F. The van der Waals surface area contributed by atoms with Gasteiger partial charge >= 0.3 is 6.18 Å². The summed E-state index contributed by atoms with van der Waals surface area (Å²) in [5.41, 5.74) is -1.76. The summed E-state index contributed by atoms with van der Waals surface area (Å²) >= 11 is 2.60. The Balaban J connectivity index is 3.40. The van der Waals surface area contributed by atoms with Gasteiger partial charge in [0, 0.05) is 10.0 Å². The van der Waals surface area contributed by atoms with Gasteiger partial charge in [0.25, 0.3) is 0 Å². The molecule has 0 aliphatic carbocycles. The predicted molar refractivity (Wildman–Crippen MR) is 45.0 cm³/mol. The van der Waals surface area contributed by atoms with Gasteiger partial charge in [-0.3, -0.25) is 0 Å². The average Bonchev–Trinajstić information content (AvgIpc) is 2.02. The molecule has 0 heterocycles. The molecule has 0 saturated heterocycles. The first-order valence-corrected chi connectivity index (χ1v) is 4.32. The van der Waals surface area contributed by atoms with Gasteiger partial charge in [-0.25, -0.2) is 4.39 Å². The maximum Gasteiger partial charge on any atom is 0.420 e. The molecule has 1 rings (SSSR count). The Morgan fingerprint density at radius 2 is 1.86 bits per heavy atom. The summed E-state index contributed by atoms with van der Waals surface area (Å²) in [4.78, 5) is 0. The summed E-state index contributed by atoms with van der Waals surface area (Å²) in [5.74, 6) is -1.44. The molecule has 1 N–H and O–H groups in total. The van der Waals surface area contributed by atoms with Gasteiger partial charge in [-0.05, 0) is 6.07 Å². The normalized spacial score (nSPS) is 11.9. The highest BCUT2D eigenvalue weighted by Gasteiger charge is 2.37. The maximum atomic E-state index is 13.1. The van der Waals surface area contributed by atoms with Crippen LogP contribution >= 0.6 is 15.9 Å². The largest absolute Gasteiger partial charge is 0.420 e. The Labute approximate surface area is 85.5 Å². The van der Waals surface area contributed by atoms with Crippen LogP contribution in [0.1, 0.15) is 11.1 Å². The quantitative estimate of drug-likeness (QED) is 0.779.